The number of fused-ring (bicyclic) bond motifs is 10. The monoisotopic (exact) mass is 1020 g/mol. The number of para-hydroxylation sites is 1. The van der Waals surface area contributed by atoms with Gasteiger partial charge in [0.1, 0.15) is 5.82 Å². The van der Waals surface area contributed by atoms with Crippen molar-refractivity contribution in [2.45, 2.75) is 65.7 Å². The van der Waals surface area contributed by atoms with E-state index in [0.29, 0.717) is 23.3 Å². The molecule has 4 aromatic heterocycles. The van der Waals surface area contributed by atoms with Gasteiger partial charge in [0.05, 0.1) is 16.2 Å². The Kier molecular flexibility index (Phi) is 10.1. The van der Waals surface area contributed by atoms with Gasteiger partial charge in [-0.15, -0.1) is 70.7 Å². The van der Waals surface area contributed by atoms with Gasteiger partial charge in [0, 0.05) is 74.7 Å². The maximum atomic E-state index is 6.76. The zero-order chi connectivity index (χ0) is 41.7. The molecule has 0 bridgehead atoms. The van der Waals surface area contributed by atoms with E-state index in [-0.39, 0.29) is 26.5 Å². The summed E-state index contributed by atoms with van der Waals surface area (Å²) in [4.78, 5) is 9.72. The number of rotatable bonds is 7. The molecule has 0 radical (unpaired) electrons. The van der Waals surface area contributed by atoms with Crippen molar-refractivity contribution in [2.24, 2.45) is 0 Å². The maximum Gasteiger partial charge on any atom is 0.135 e. The normalized spacial score (nSPS) is 13.1. The van der Waals surface area contributed by atoms with E-state index in [0.717, 1.165) is 32.9 Å². The van der Waals surface area contributed by atoms with Crippen LogP contribution >= 0.6 is 22.7 Å². The smallest absolute Gasteiger partial charge is 0.135 e. The first-order chi connectivity index (χ1) is 29.5. The van der Waals surface area contributed by atoms with Crippen molar-refractivity contribution in [3.8, 4) is 17.3 Å². The molecule has 0 aliphatic carbocycles. The van der Waals surface area contributed by atoms with E-state index in [4.69, 9.17) is 9.72 Å². The third kappa shape index (κ3) is 6.55. The Balaban J connectivity index is 0.00000458. The van der Waals surface area contributed by atoms with Crippen LogP contribution in [0, 0.1) is 18.8 Å². The third-order valence-corrected chi connectivity index (χ3v) is 14.3. The van der Waals surface area contributed by atoms with Crippen molar-refractivity contribution in [2.75, 3.05) is 9.80 Å². The molecule has 11 rings (SSSR count). The van der Waals surface area contributed by atoms with Crippen LogP contribution in [0.15, 0.2) is 128 Å². The van der Waals surface area contributed by atoms with Crippen LogP contribution in [0.1, 0.15) is 77.0 Å². The molecule has 10 aromatic rings. The van der Waals surface area contributed by atoms with Crippen LogP contribution in [-0.4, -0.2) is 9.55 Å². The number of aromatic nitrogens is 2. The molecule has 5 nitrogen and oxygen atoms in total. The second-order valence-electron chi connectivity index (χ2n) is 17.7. The molecule has 5 heterocycles. The van der Waals surface area contributed by atoms with Gasteiger partial charge < -0.3 is 19.1 Å². The Hall–Kier alpha value is -5.46. The van der Waals surface area contributed by atoms with Crippen LogP contribution in [0.25, 0.3) is 57.9 Å². The average Bonchev–Trinajstić information content (AvgIpc) is 4.01. The van der Waals surface area contributed by atoms with E-state index < -0.39 is 0 Å². The van der Waals surface area contributed by atoms with Crippen LogP contribution in [0.5, 0.6) is 11.5 Å². The molecule has 0 atom stereocenters. The molecule has 0 spiro atoms. The molecule has 8 heteroatoms. The summed E-state index contributed by atoms with van der Waals surface area (Å²) < 4.78 is 12.8. The number of thiophene rings is 2. The molecule has 0 N–H and O–H groups in total. The summed E-state index contributed by atoms with van der Waals surface area (Å²) in [7, 11) is 0. The van der Waals surface area contributed by atoms with Gasteiger partial charge in [-0.2, -0.15) is 12.1 Å². The SMILES string of the molecule is CC(C)c1cccc(C(C)C)c1N1[CH-]N(c2[c-]c(Oc3[c-]c4c(cc3)c3ccc5sc6ccccc6c5c3n4-c3cc(C(C)(C)C)ccn3)ccc2)c2sc3ccccc3c21.[Pt]. The second kappa shape index (κ2) is 15.4. The van der Waals surface area contributed by atoms with Gasteiger partial charge in [0.25, 0.3) is 0 Å². The van der Waals surface area contributed by atoms with Crippen molar-refractivity contribution < 1.29 is 25.8 Å². The number of nitrogens with zero attached hydrogens (tertiary/aromatic N) is 4. The van der Waals surface area contributed by atoms with Gasteiger partial charge in [-0.1, -0.05) is 115 Å². The van der Waals surface area contributed by atoms with Crippen molar-refractivity contribution in [1.82, 2.24) is 9.55 Å². The molecule has 62 heavy (non-hydrogen) atoms. The van der Waals surface area contributed by atoms with Crippen LogP contribution in [0.4, 0.5) is 22.1 Å². The van der Waals surface area contributed by atoms with E-state index in [1.165, 1.54) is 63.7 Å². The molecule has 0 fully saturated rings. The fourth-order valence-electron chi connectivity index (χ4n) is 9.04. The fourth-order valence-corrected chi connectivity index (χ4v) is 11.3. The number of anilines is 4. The largest absolute Gasteiger partial charge is 0.509 e. The molecule has 0 saturated heterocycles. The van der Waals surface area contributed by atoms with Gasteiger partial charge in [-0.05, 0) is 69.7 Å². The van der Waals surface area contributed by atoms with Crippen molar-refractivity contribution >= 4 is 96.8 Å². The summed E-state index contributed by atoms with van der Waals surface area (Å²) in [5.74, 6) is 2.81. The summed E-state index contributed by atoms with van der Waals surface area (Å²) in [5.41, 5.74) is 9.29. The van der Waals surface area contributed by atoms with E-state index in [1.807, 2.05) is 41.0 Å². The maximum absolute atomic E-state index is 6.76. The van der Waals surface area contributed by atoms with Gasteiger partial charge in [0.2, 0.25) is 0 Å². The topological polar surface area (TPSA) is 33.5 Å². The predicted molar refractivity (Wildman–Crippen MR) is 259 cm³/mol. The van der Waals surface area contributed by atoms with E-state index in [1.54, 1.807) is 0 Å². The minimum atomic E-state index is -0.0470. The minimum Gasteiger partial charge on any atom is -0.509 e. The Morgan fingerprint density at radius 2 is 1.31 bits per heavy atom. The molecule has 0 saturated carbocycles. The number of hydrogen-bond donors (Lipinski definition) is 0. The quantitative estimate of drug-likeness (QED) is 0.149. The zero-order valence-electron chi connectivity index (χ0n) is 35.7. The van der Waals surface area contributed by atoms with Gasteiger partial charge >= 0.3 is 0 Å². The van der Waals surface area contributed by atoms with Gasteiger partial charge in [-0.3, -0.25) is 0 Å². The molecule has 312 valence electrons. The first-order valence-corrected chi connectivity index (χ1v) is 22.7. The fraction of sp³-hybridized carbons (Fsp3) is 0.185. The number of benzene rings is 6. The zero-order valence-corrected chi connectivity index (χ0v) is 39.6. The molecule has 1 aliphatic heterocycles. The van der Waals surface area contributed by atoms with Crippen LogP contribution in [0.3, 0.4) is 0 Å². The van der Waals surface area contributed by atoms with Gasteiger partial charge in [0.15, 0.2) is 0 Å². The van der Waals surface area contributed by atoms with Crippen molar-refractivity contribution in [3.05, 3.63) is 163 Å². The third-order valence-electron chi connectivity index (χ3n) is 12.0. The standard InChI is InChI=1S/C54H45N4OS2.Pt/c1-32(2)38-18-13-19-39(33(3)4)50(38)57-31-56(53-52(57)43-17-9-11-21-46(43)61-53)35-14-12-15-36(29-35)59-37-22-23-40-41-24-25-47-49(42-16-8-10-20-45(42)60-47)51(41)58(44(40)30-37)48-28-34(26-27-55-48)54(5,6)7;/h8-28,31-33H,1-7H3;/q-3;. The number of hydrogen-bond acceptors (Lipinski definition) is 6. The molecule has 0 unspecified atom stereocenters. The first kappa shape index (κ1) is 40.6. The average molecular weight is 1030 g/mol. The Morgan fingerprint density at radius 1 is 0.629 bits per heavy atom. The summed E-state index contributed by atoms with van der Waals surface area (Å²) in [5, 5.41) is 7.17. The van der Waals surface area contributed by atoms with Crippen LogP contribution < -0.4 is 14.5 Å². The van der Waals surface area contributed by atoms with E-state index in [2.05, 4.69) is 191 Å². The molecule has 6 aromatic carbocycles. The second-order valence-corrected chi connectivity index (χ2v) is 19.8. The Labute approximate surface area is 385 Å². The summed E-state index contributed by atoms with van der Waals surface area (Å²) in [6.45, 7) is 18.1. The number of ether oxygens (including phenoxy) is 1. The first-order valence-electron chi connectivity index (χ1n) is 21.1. The number of pyridine rings is 1. The Morgan fingerprint density at radius 3 is 2.05 bits per heavy atom. The van der Waals surface area contributed by atoms with Crippen LogP contribution in [-0.2, 0) is 26.5 Å². The van der Waals surface area contributed by atoms with E-state index >= 15 is 0 Å². The van der Waals surface area contributed by atoms with Crippen LogP contribution in [0.2, 0.25) is 0 Å². The Bertz CT molecular complexity index is 3320. The summed E-state index contributed by atoms with van der Waals surface area (Å²) >= 11 is 3.64. The molecule has 1 aliphatic rings. The van der Waals surface area contributed by atoms with Crippen molar-refractivity contribution in [1.29, 1.82) is 0 Å². The predicted octanol–water partition coefficient (Wildman–Crippen LogP) is 16.1. The molecular weight excluding hydrogens is 980 g/mol. The summed E-state index contributed by atoms with van der Waals surface area (Å²) in [6.07, 6.45) is 1.93. The van der Waals surface area contributed by atoms with Gasteiger partial charge in [-0.25, -0.2) is 4.98 Å². The summed E-state index contributed by atoms with van der Waals surface area (Å²) in [6, 6.07) is 50.9. The molecule has 0 amide bonds. The van der Waals surface area contributed by atoms with Crippen molar-refractivity contribution in [3.63, 3.8) is 0 Å². The van der Waals surface area contributed by atoms with E-state index in [9.17, 15) is 0 Å². The molecular formula is C54H45N4OPtS2-3. The minimum absolute atomic E-state index is 0.